The first kappa shape index (κ1) is 6.42. The Kier molecular flexibility index (Phi) is 1.47. The summed E-state index contributed by atoms with van der Waals surface area (Å²) < 4.78 is 9.21. The summed E-state index contributed by atoms with van der Waals surface area (Å²) in [6, 6.07) is 0. The number of fused-ring (bicyclic) bond motifs is 1. The highest BCUT2D eigenvalue weighted by molar-refractivity contribution is 7.80. The molecule has 12 heavy (non-hydrogen) atoms. The Hall–Kier alpha value is -1.10. The van der Waals surface area contributed by atoms with Crippen LogP contribution in [-0.4, -0.2) is 14.9 Å². The predicted molar refractivity (Wildman–Crippen MR) is 51.0 cm³/mol. The number of aryl methyl sites for hydroxylation is 1. The van der Waals surface area contributed by atoms with Crippen molar-refractivity contribution in [2.24, 2.45) is 0 Å². The van der Waals surface area contributed by atoms with Gasteiger partial charge in [-0.3, -0.25) is 0 Å². The minimum absolute atomic E-state index is 0.489. The number of rotatable bonds is 1. The molecule has 0 aromatic carbocycles. The predicted octanol–water partition coefficient (Wildman–Crippen LogP) is 0.703. The average Bonchev–Trinajstić information content (AvgIpc) is 2.47. The van der Waals surface area contributed by atoms with Gasteiger partial charge in [0.05, 0.1) is 7.57 Å². The Morgan fingerprint density at radius 2 is 2.75 bits per heavy atom. The third-order valence-corrected chi connectivity index (χ3v) is 2.02. The fraction of sp³-hybridized carbons (Fsp3) is 0.429. The molecule has 0 fully saturated rings. The molecule has 4 nitrogen and oxygen atoms in total. The number of aromatic nitrogens is 2. The van der Waals surface area contributed by atoms with Gasteiger partial charge in [-0.15, -0.1) is 0 Å². The molecule has 1 unspecified atom stereocenters. The van der Waals surface area contributed by atoms with Crippen LogP contribution in [0.15, 0.2) is 6.20 Å². The number of thiocarbonyl (C=S) groups is 1. The first-order chi connectivity index (χ1) is 6.22. The Morgan fingerprint density at radius 1 is 1.92 bits per heavy atom. The number of hydrogen-bond donors (Lipinski definition) is 2. The summed E-state index contributed by atoms with van der Waals surface area (Å²) in [6.45, 7) is 1.44. The van der Waals surface area contributed by atoms with Crippen LogP contribution < -0.4 is 10.6 Å². The summed E-state index contributed by atoms with van der Waals surface area (Å²) in [6.07, 6.45) is 2.65. The largest absolute Gasteiger partial charge is 0.343 e. The van der Waals surface area contributed by atoms with Crippen LogP contribution in [0.3, 0.4) is 0 Å². The van der Waals surface area contributed by atoms with E-state index in [1.165, 1.54) is 0 Å². The lowest BCUT2D eigenvalue weighted by molar-refractivity contribution is 0.586. The van der Waals surface area contributed by atoms with E-state index in [0.29, 0.717) is 5.11 Å². The lowest BCUT2D eigenvalue weighted by Gasteiger charge is -2.19. The zero-order valence-corrected chi connectivity index (χ0v) is 7.48. The molecule has 5 heteroatoms. The van der Waals surface area contributed by atoms with Gasteiger partial charge in [0.15, 0.2) is 5.11 Å². The number of nitrogens with one attached hydrogen (secondary N) is 2. The molecule has 0 amide bonds. The number of anilines is 1. The van der Waals surface area contributed by atoms with Gasteiger partial charge in [0, 0.05) is 5.56 Å². The molecule has 1 atom stereocenters. The standard InChI is InChI=1S/C7H10N4S/c1-2-5-3-9-11-4-8-7(12)10-6(5)11/h3H,2,4H2,1H3,(H2,8,10,12)/i4D. The molecule has 1 aromatic heterocycles. The second-order valence-electron chi connectivity index (χ2n) is 2.54. The molecule has 0 aliphatic carbocycles. The van der Waals surface area contributed by atoms with E-state index in [-0.39, 0.29) is 0 Å². The summed E-state index contributed by atoms with van der Waals surface area (Å²) >= 11 is 4.95. The van der Waals surface area contributed by atoms with E-state index >= 15 is 0 Å². The molecule has 0 saturated carbocycles. The Morgan fingerprint density at radius 3 is 3.50 bits per heavy atom. The Balaban J connectivity index is 2.45. The van der Waals surface area contributed by atoms with Gasteiger partial charge in [0.2, 0.25) is 0 Å². The van der Waals surface area contributed by atoms with E-state index in [4.69, 9.17) is 13.6 Å². The fourth-order valence-electron chi connectivity index (χ4n) is 1.16. The molecule has 1 aliphatic rings. The number of nitrogens with zero attached hydrogens (tertiary/aromatic N) is 2. The molecular weight excluding hydrogens is 172 g/mol. The lowest BCUT2D eigenvalue weighted by Crippen LogP contribution is -2.37. The quantitative estimate of drug-likeness (QED) is 0.629. The maximum Gasteiger partial charge on any atom is 0.173 e. The molecule has 2 heterocycles. The summed E-state index contributed by atoms with van der Waals surface area (Å²) in [5.74, 6) is 0.839. The van der Waals surface area contributed by atoms with Crippen molar-refractivity contribution < 1.29 is 1.37 Å². The Labute approximate surface area is 77.4 Å². The molecule has 1 aliphatic heterocycles. The summed E-state index contributed by atoms with van der Waals surface area (Å²) in [7, 11) is 0. The Bertz CT molecular complexity index is 348. The molecular formula is C7H10N4S. The van der Waals surface area contributed by atoms with Gasteiger partial charge >= 0.3 is 0 Å². The zero-order chi connectivity index (χ0) is 9.42. The summed E-state index contributed by atoms with van der Waals surface area (Å²) in [4.78, 5) is 0. The normalized spacial score (nSPS) is 22.2. The highest BCUT2D eigenvalue weighted by atomic mass is 32.1. The maximum atomic E-state index is 7.63. The van der Waals surface area contributed by atoms with Crippen molar-refractivity contribution in [1.82, 2.24) is 15.1 Å². The van der Waals surface area contributed by atoms with Crippen LogP contribution in [0.4, 0.5) is 5.82 Å². The van der Waals surface area contributed by atoms with E-state index < -0.39 is 6.64 Å². The van der Waals surface area contributed by atoms with Gasteiger partial charge in [-0.2, -0.15) is 5.10 Å². The third-order valence-electron chi connectivity index (χ3n) is 1.80. The minimum Gasteiger partial charge on any atom is -0.343 e. The monoisotopic (exact) mass is 183 g/mol. The lowest BCUT2D eigenvalue weighted by atomic mass is 10.2. The van der Waals surface area contributed by atoms with Gasteiger partial charge in [0.1, 0.15) is 12.5 Å². The van der Waals surface area contributed by atoms with Crippen LogP contribution >= 0.6 is 12.2 Å². The molecule has 0 bridgehead atoms. The fourth-order valence-corrected chi connectivity index (χ4v) is 1.30. The van der Waals surface area contributed by atoms with Crippen LogP contribution in [0.25, 0.3) is 0 Å². The topological polar surface area (TPSA) is 41.9 Å². The van der Waals surface area contributed by atoms with Crippen LogP contribution in [0.2, 0.25) is 0 Å². The van der Waals surface area contributed by atoms with Crippen molar-refractivity contribution >= 4 is 23.1 Å². The smallest absolute Gasteiger partial charge is 0.173 e. The highest BCUT2D eigenvalue weighted by Gasteiger charge is 2.14. The van der Waals surface area contributed by atoms with Crippen molar-refractivity contribution in [2.75, 3.05) is 5.32 Å². The molecule has 2 rings (SSSR count). The van der Waals surface area contributed by atoms with E-state index in [9.17, 15) is 0 Å². The molecule has 0 saturated heterocycles. The zero-order valence-electron chi connectivity index (χ0n) is 7.66. The second-order valence-corrected chi connectivity index (χ2v) is 2.95. The van der Waals surface area contributed by atoms with Crippen molar-refractivity contribution in [3.63, 3.8) is 0 Å². The third kappa shape index (κ3) is 1.06. The molecule has 2 N–H and O–H groups in total. The molecule has 1 aromatic rings. The van der Waals surface area contributed by atoms with Crippen molar-refractivity contribution in [2.45, 2.75) is 20.0 Å². The van der Waals surface area contributed by atoms with E-state index in [0.717, 1.165) is 17.8 Å². The average molecular weight is 183 g/mol. The van der Waals surface area contributed by atoms with Gasteiger partial charge < -0.3 is 10.6 Å². The minimum atomic E-state index is -0.607. The van der Waals surface area contributed by atoms with Gasteiger partial charge in [0.25, 0.3) is 0 Å². The first-order valence-corrected chi connectivity index (χ1v) is 4.19. The van der Waals surface area contributed by atoms with E-state index in [1.807, 2.05) is 6.92 Å². The highest BCUT2D eigenvalue weighted by Crippen LogP contribution is 2.17. The van der Waals surface area contributed by atoms with E-state index in [2.05, 4.69) is 15.7 Å². The first-order valence-electron chi connectivity index (χ1n) is 4.36. The van der Waals surface area contributed by atoms with Crippen LogP contribution in [0, 0.1) is 0 Å². The summed E-state index contributed by atoms with van der Waals surface area (Å²) in [5, 5.41) is 10.3. The molecule has 0 spiro atoms. The van der Waals surface area contributed by atoms with Gasteiger partial charge in [-0.05, 0) is 18.6 Å². The molecule has 64 valence electrons. The van der Waals surface area contributed by atoms with Crippen LogP contribution in [0.1, 0.15) is 13.9 Å². The van der Waals surface area contributed by atoms with Gasteiger partial charge in [-0.25, -0.2) is 4.68 Å². The summed E-state index contributed by atoms with van der Waals surface area (Å²) in [5.41, 5.74) is 1.08. The van der Waals surface area contributed by atoms with Crippen molar-refractivity contribution in [1.29, 1.82) is 0 Å². The van der Waals surface area contributed by atoms with Crippen LogP contribution in [-0.2, 0) is 13.1 Å². The van der Waals surface area contributed by atoms with Gasteiger partial charge in [-0.1, -0.05) is 6.92 Å². The van der Waals surface area contributed by atoms with Crippen molar-refractivity contribution in [3.8, 4) is 0 Å². The van der Waals surface area contributed by atoms with Crippen molar-refractivity contribution in [3.05, 3.63) is 11.8 Å². The maximum absolute atomic E-state index is 7.63. The van der Waals surface area contributed by atoms with Crippen LogP contribution in [0.5, 0.6) is 0 Å². The van der Waals surface area contributed by atoms with E-state index in [1.54, 1.807) is 10.9 Å². The second kappa shape index (κ2) is 2.75. The molecule has 0 radical (unpaired) electrons. The number of hydrogen-bond acceptors (Lipinski definition) is 2. The SMILES string of the molecule is [2H]C1NC(=S)Nc2c(CC)cnn21.